The number of para-hydroxylation sites is 1. The van der Waals surface area contributed by atoms with Gasteiger partial charge in [-0.15, -0.1) is 0 Å². The molecule has 104 valence electrons. The third kappa shape index (κ3) is 3.68. The molecule has 0 bridgehead atoms. The summed E-state index contributed by atoms with van der Waals surface area (Å²) in [5, 5.41) is 0. The molecule has 6 nitrogen and oxygen atoms in total. The number of carbonyl (C=O) groups excluding carboxylic acids is 1. The number of benzene rings is 1. The summed E-state index contributed by atoms with van der Waals surface area (Å²) < 4.78 is 31.7. The van der Waals surface area contributed by atoms with Crippen molar-refractivity contribution in [2.24, 2.45) is 5.73 Å². The van der Waals surface area contributed by atoms with Crippen molar-refractivity contribution in [1.82, 2.24) is 0 Å². The number of primary amides is 1. The SMILES string of the molecule is NC(=O)c1ccccc1NS(=O)(=O)CC1CCCO1. The number of hydrogen-bond acceptors (Lipinski definition) is 4. The highest BCUT2D eigenvalue weighted by atomic mass is 32.2. The highest BCUT2D eigenvalue weighted by molar-refractivity contribution is 7.92. The lowest BCUT2D eigenvalue weighted by Gasteiger charge is -2.13. The van der Waals surface area contributed by atoms with Crippen LogP contribution in [0.25, 0.3) is 0 Å². The van der Waals surface area contributed by atoms with Crippen LogP contribution in [0.15, 0.2) is 24.3 Å². The van der Waals surface area contributed by atoms with Crippen molar-refractivity contribution in [2.45, 2.75) is 18.9 Å². The van der Waals surface area contributed by atoms with Crippen molar-refractivity contribution in [3.63, 3.8) is 0 Å². The summed E-state index contributed by atoms with van der Waals surface area (Å²) in [4.78, 5) is 11.2. The molecule has 1 heterocycles. The van der Waals surface area contributed by atoms with E-state index in [9.17, 15) is 13.2 Å². The molecule has 2 rings (SSSR count). The predicted molar refractivity (Wildman–Crippen MR) is 71.3 cm³/mol. The zero-order chi connectivity index (χ0) is 13.9. The lowest BCUT2D eigenvalue weighted by molar-refractivity contribution is 0.100. The van der Waals surface area contributed by atoms with Crippen LogP contribution in [0.2, 0.25) is 0 Å². The molecule has 1 amide bonds. The van der Waals surface area contributed by atoms with Crippen LogP contribution in [-0.2, 0) is 14.8 Å². The second-order valence-electron chi connectivity index (χ2n) is 4.43. The minimum Gasteiger partial charge on any atom is -0.377 e. The van der Waals surface area contributed by atoms with Gasteiger partial charge in [0.2, 0.25) is 10.0 Å². The van der Waals surface area contributed by atoms with Crippen molar-refractivity contribution < 1.29 is 17.9 Å². The number of hydrogen-bond donors (Lipinski definition) is 2. The molecular weight excluding hydrogens is 268 g/mol. The molecule has 1 aromatic carbocycles. The fourth-order valence-electron chi connectivity index (χ4n) is 2.02. The Hall–Kier alpha value is -1.60. The van der Waals surface area contributed by atoms with Crippen LogP contribution in [0.3, 0.4) is 0 Å². The zero-order valence-corrected chi connectivity index (χ0v) is 11.2. The Labute approximate surface area is 112 Å². The molecule has 0 aromatic heterocycles. The Morgan fingerprint density at radius 2 is 2.16 bits per heavy atom. The number of carbonyl (C=O) groups is 1. The van der Waals surface area contributed by atoms with Crippen molar-refractivity contribution in [3.05, 3.63) is 29.8 Å². The first-order chi connectivity index (χ1) is 8.98. The van der Waals surface area contributed by atoms with Gasteiger partial charge in [-0.05, 0) is 25.0 Å². The van der Waals surface area contributed by atoms with E-state index in [1.165, 1.54) is 12.1 Å². The molecule has 0 aliphatic carbocycles. The largest absolute Gasteiger partial charge is 0.377 e. The van der Waals surface area contributed by atoms with Gasteiger partial charge in [0.1, 0.15) is 0 Å². The highest BCUT2D eigenvalue weighted by Gasteiger charge is 2.24. The molecule has 1 aromatic rings. The quantitative estimate of drug-likeness (QED) is 0.831. The summed E-state index contributed by atoms with van der Waals surface area (Å²) in [6.07, 6.45) is 1.33. The smallest absolute Gasteiger partial charge is 0.250 e. The number of anilines is 1. The average molecular weight is 284 g/mol. The lowest BCUT2D eigenvalue weighted by Crippen LogP contribution is -2.27. The number of sulfonamides is 1. The Balaban J connectivity index is 2.13. The third-order valence-electron chi connectivity index (χ3n) is 2.89. The maximum atomic E-state index is 12.0. The maximum absolute atomic E-state index is 12.0. The highest BCUT2D eigenvalue weighted by Crippen LogP contribution is 2.19. The van der Waals surface area contributed by atoms with E-state index in [-0.39, 0.29) is 23.1 Å². The summed E-state index contributed by atoms with van der Waals surface area (Å²) in [6, 6.07) is 6.24. The average Bonchev–Trinajstić information content (AvgIpc) is 2.80. The number of amides is 1. The van der Waals surface area contributed by atoms with Gasteiger partial charge in [-0.25, -0.2) is 8.42 Å². The first-order valence-electron chi connectivity index (χ1n) is 5.99. The fraction of sp³-hybridized carbons (Fsp3) is 0.417. The van der Waals surface area contributed by atoms with Gasteiger partial charge in [-0.3, -0.25) is 9.52 Å². The number of nitrogens with one attached hydrogen (secondary N) is 1. The van der Waals surface area contributed by atoms with Gasteiger partial charge in [-0.2, -0.15) is 0 Å². The van der Waals surface area contributed by atoms with Gasteiger partial charge in [0.25, 0.3) is 5.91 Å². The minimum atomic E-state index is -3.56. The molecule has 1 fully saturated rings. The lowest BCUT2D eigenvalue weighted by atomic mass is 10.2. The van der Waals surface area contributed by atoms with E-state index < -0.39 is 15.9 Å². The monoisotopic (exact) mass is 284 g/mol. The number of nitrogens with two attached hydrogens (primary N) is 1. The second-order valence-corrected chi connectivity index (χ2v) is 6.20. The summed E-state index contributed by atoms with van der Waals surface area (Å²) in [5.41, 5.74) is 5.55. The van der Waals surface area contributed by atoms with Gasteiger partial charge >= 0.3 is 0 Å². The summed E-state index contributed by atoms with van der Waals surface area (Å²) in [7, 11) is -3.56. The summed E-state index contributed by atoms with van der Waals surface area (Å²) in [6.45, 7) is 0.595. The molecule has 1 aliphatic heterocycles. The van der Waals surface area contributed by atoms with E-state index in [2.05, 4.69) is 4.72 Å². The van der Waals surface area contributed by atoms with Crippen molar-refractivity contribution in [1.29, 1.82) is 0 Å². The third-order valence-corrected chi connectivity index (χ3v) is 4.23. The number of ether oxygens (including phenoxy) is 1. The van der Waals surface area contributed by atoms with Crippen molar-refractivity contribution in [3.8, 4) is 0 Å². The first kappa shape index (κ1) is 13.8. The molecule has 0 saturated carbocycles. The van der Waals surface area contributed by atoms with Crippen LogP contribution < -0.4 is 10.5 Å². The summed E-state index contributed by atoms with van der Waals surface area (Å²) in [5.74, 6) is -0.782. The van der Waals surface area contributed by atoms with E-state index in [1.54, 1.807) is 12.1 Å². The molecule has 1 aliphatic rings. The molecule has 0 spiro atoms. The zero-order valence-electron chi connectivity index (χ0n) is 10.3. The van der Waals surface area contributed by atoms with Gasteiger partial charge in [0, 0.05) is 6.61 Å². The van der Waals surface area contributed by atoms with Crippen LogP contribution in [0.1, 0.15) is 23.2 Å². The van der Waals surface area contributed by atoms with Crippen LogP contribution in [-0.4, -0.2) is 32.8 Å². The molecule has 1 atom stereocenters. The maximum Gasteiger partial charge on any atom is 0.250 e. The van der Waals surface area contributed by atoms with Gasteiger partial charge in [-0.1, -0.05) is 12.1 Å². The standard InChI is InChI=1S/C12H16N2O4S/c13-12(15)10-5-1-2-6-11(10)14-19(16,17)8-9-4-3-7-18-9/h1-2,5-6,9,14H,3-4,7-8H2,(H2,13,15). The molecule has 1 unspecified atom stereocenters. The fourth-order valence-corrected chi connectivity index (χ4v) is 3.37. The van der Waals surface area contributed by atoms with E-state index in [4.69, 9.17) is 10.5 Å². The van der Waals surface area contributed by atoms with E-state index >= 15 is 0 Å². The summed E-state index contributed by atoms with van der Waals surface area (Å²) >= 11 is 0. The van der Waals surface area contributed by atoms with E-state index in [1.807, 2.05) is 0 Å². The molecular formula is C12H16N2O4S. The Bertz CT molecular complexity index is 565. The van der Waals surface area contributed by atoms with Crippen LogP contribution in [0.5, 0.6) is 0 Å². The van der Waals surface area contributed by atoms with Gasteiger partial charge < -0.3 is 10.5 Å². The van der Waals surface area contributed by atoms with Gasteiger partial charge in [0.05, 0.1) is 23.1 Å². The molecule has 19 heavy (non-hydrogen) atoms. The molecule has 7 heteroatoms. The Morgan fingerprint density at radius 1 is 1.42 bits per heavy atom. The van der Waals surface area contributed by atoms with Crippen molar-refractivity contribution in [2.75, 3.05) is 17.1 Å². The molecule has 0 radical (unpaired) electrons. The normalized spacial score (nSPS) is 19.3. The van der Waals surface area contributed by atoms with Crippen LogP contribution >= 0.6 is 0 Å². The van der Waals surface area contributed by atoms with Crippen LogP contribution in [0.4, 0.5) is 5.69 Å². The molecule has 1 saturated heterocycles. The molecule has 3 N–H and O–H groups in total. The van der Waals surface area contributed by atoms with E-state index in [0.29, 0.717) is 6.61 Å². The van der Waals surface area contributed by atoms with Crippen LogP contribution in [0, 0.1) is 0 Å². The topological polar surface area (TPSA) is 98.5 Å². The Kier molecular flexibility index (Phi) is 4.06. The Morgan fingerprint density at radius 3 is 2.79 bits per heavy atom. The van der Waals surface area contributed by atoms with E-state index in [0.717, 1.165) is 12.8 Å². The second kappa shape index (κ2) is 5.58. The minimum absolute atomic E-state index is 0.111. The first-order valence-corrected chi connectivity index (χ1v) is 7.64. The predicted octanol–water partition coefficient (Wildman–Crippen LogP) is 0.706. The number of rotatable bonds is 5. The van der Waals surface area contributed by atoms with Crippen molar-refractivity contribution >= 4 is 21.6 Å². The van der Waals surface area contributed by atoms with Gasteiger partial charge in [0.15, 0.2) is 0 Å².